The van der Waals surface area contributed by atoms with E-state index in [1.54, 1.807) is 25.3 Å². The van der Waals surface area contributed by atoms with Gasteiger partial charge in [0.25, 0.3) is 5.89 Å². The lowest BCUT2D eigenvalue weighted by Gasteiger charge is -2.16. The van der Waals surface area contributed by atoms with Gasteiger partial charge in [-0.05, 0) is 25.5 Å². The van der Waals surface area contributed by atoms with Gasteiger partial charge in [0.2, 0.25) is 5.91 Å². The number of unbranched alkanes of at least 4 members (excludes halogenated alkanes) is 1. The van der Waals surface area contributed by atoms with Gasteiger partial charge in [-0.1, -0.05) is 19.8 Å². The molecule has 2 rings (SSSR count). The maximum absolute atomic E-state index is 12.1. The summed E-state index contributed by atoms with van der Waals surface area (Å²) in [5.41, 5.74) is 6.31. The Morgan fingerprint density at radius 2 is 2.32 bits per heavy atom. The summed E-state index contributed by atoms with van der Waals surface area (Å²) in [6.45, 7) is 4.35. The van der Waals surface area contributed by atoms with E-state index in [9.17, 15) is 4.79 Å². The number of nitrogens with zero attached hydrogens (tertiary/aromatic N) is 1. The Hall–Kier alpha value is -2.08. The fourth-order valence-corrected chi connectivity index (χ4v) is 2.23. The van der Waals surface area contributed by atoms with E-state index in [1.165, 1.54) is 0 Å². The highest BCUT2D eigenvalue weighted by Gasteiger charge is 2.17. The monoisotopic (exact) mass is 305 g/mol. The third-order valence-corrected chi connectivity index (χ3v) is 3.51. The van der Waals surface area contributed by atoms with E-state index in [0.717, 1.165) is 19.3 Å². The average Bonchev–Trinajstić information content (AvgIpc) is 3.14. The molecule has 2 aromatic heterocycles. The Morgan fingerprint density at radius 1 is 1.50 bits per heavy atom. The van der Waals surface area contributed by atoms with Crippen molar-refractivity contribution in [2.75, 3.05) is 6.54 Å². The first-order valence-electron chi connectivity index (χ1n) is 7.63. The van der Waals surface area contributed by atoms with E-state index in [4.69, 9.17) is 14.6 Å². The number of furan rings is 1. The molecule has 0 saturated heterocycles. The molecule has 1 atom stereocenters. The summed E-state index contributed by atoms with van der Waals surface area (Å²) in [5, 5.41) is 2.95. The van der Waals surface area contributed by atoms with E-state index in [0.29, 0.717) is 29.6 Å². The Bertz CT molecular complexity index is 590. The van der Waals surface area contributed by atoms with Crippen molar-refractivity contribution >= 4 is 5.91 Å². The van der Waals surface area contributed by atoms with Crippen molar-refractivity contribution in [1.29, 1.82) is 0 Å². The number of carbonyl (C=O) groups is 1. The van der Waals surface area contributed by atoms with Crippen molar-refractivity contribution in [1.82, 2.24) is 10.3 Å². The molecule has 6 nitrogen and oxygen atoms in total. The minimum atomic E-state index is -0.0889. The number of oxazole rings is 1. The van der Waals surface area contributed by atoms with Crippen molar-refractivity contribution in [3.8, 4) is 11.7 Å². The Morgan fingerprint density at radius 3 is 2.95 bits per heavy atom. The highest BCUT2D eigenvalue weighted by Crippen LogP contribution is 2.22. The van der Waals surface area contributed by atoms with Crippen LogP contribution in [-0.4, -0.2) is 23.5 Å². The lowest BCUT2D eigenvalue weighted by atomic mass is 10.1. The highest BCUT2D eigenvalue weighted by molar-refractivity contribution is 5.78. The van der Waals surface area contributed by atoms with Crippen molar-refractivity contribution < 1.29 is 13.6 Å². The summed E-state index contributed by atoms with van der Waals surface area (Å²) in [6, 6.07) is 3.55. The molecule has 2 heterocycles. The smallest absolute Gasteiger partial charge is 0.263 e. The number of nitrogens with one attached hydrogen (secondary N) is 1. The Labute approximate surface area is 130 Å². The molecule has 0 fully saturated rings. The van der Waals surface area contributed by atoms with Gasteiger partial charge in [0.1, 0.15) is 5.76 Å². The summed E-state index contributed by atoms with van der Waals surface area (Å²) >= 11 is 0. The molecule has 0 saturated carbocycles. The number of rotatable bonds is 8. The molecule has 22 heavy (non-hydrogen) atoms. The second-order valence-electron chi connectivity index (χ2n) is 5.32. The summed E-state index contributed by atoms with van der Waals surface area (Å²) in [5.74, 6) is 1.48. The predicted molar refractivity (Wildman–Crippen MR) is 83.2 cm³/mol. The quantitative estimate of drug-likeness (QED) is 0.781. The maximum atomic E-state index is 12.1. The minimum Gasteiger partial charge on any atom is -0.459 e. The van der Waals surface area contributed by atoms with E-state index in [-0.39, 0.29) is 18.4 Å². The van der Waals surface area contributed by atoms with Crippen LogP contribution in [0.15, 0.2) is 27.2 Å². The predicted octanol–water partition coefficient (Wildman–Crippen LogP) is 2.42. The Kier molecular flexibility index (Phi) is 5.77. The van der Waals surface area contributed by atoms with Crippen LogP contribution in [0.4, 0.5) is 0 Å². The van der Waals surface area contributed by atoms with Gasteiger partial charge in [-0.25, -0.2) is 4.98 Å². The van der Waals surface area contributed by atoms with Gasteiger partial charge in [0.05, 0.1) is 18.4 Å². The molecule has 0 aromatic carbocycles. The largest absolute Gasteiger partial charge is 0.459 e. The third kappa shape index (κ3) is 4.21. The molecule has 1 unspecified atom stereocenters. The van der Waals surface area contributed by atoms with Crippen LogP contribution in [0.25, 0.3) is 11.7 Å². The zero-order valence-corrected chi connectivity index (χ0v) is 13.1. The van der Waals surface area contributed by atoms with E-state index in [2.05, 4.69) is 17.2 Å². The van der Waals surface area contributed by atoms with E-state index in [1.807, 2.05) is 0 Å². The van der Waals surface area contributed by atoms with Gasteiger partial charge >= 0.3 is 0 Å². The van der Waals surface area contributed by atoms with Gasteiger partial charge in [0.15, 0.2) is 5.76 Å². The molecule has 0 radical (unpaired) electrons. The molecule has 0 aliphatic carbocycles. The van der Waals surface area contributed by atoms with Crippen LogP contribution < -0.4 is 11.1 Å². The van der Waals surface area contributed by atoms with Gasteiger partial charge < -0.3 is 19.9 Å². The molecule has 120 valence electrons. The third-order valence-electron chi connectivity index (χ3n) is 3.51. The lowest BCUT2D eigenvalue weighted by Crippen LogP contribution is -2.41. The zero-order valence-electron chi connectivity index (χ0n) is 13.1. The van der Waals surface area contributed by atoms with Crippen molar-refractivity contribution in [2.45, 2.75) is 45.6 Å². The van der Waals surface area contributed by atoms with Crippen LogP contribution in [0.2, 0.25) is 0 Å². The zero-order chi connectivity index (χ0) is 15.9. The van der Waals surface area contributed by atoms with Gasteiger partial charge in [-0.3, -0.25) is 4.79 Å². The molecule has 2 aromatic rings. The summed E-state index contributed by atoms with van der Waals surface area (Å²) in [7, 11) is 0. The second kappa shape index (κ2) is 7.79. The van der Waals surface area contributed by atoms with E-state index < -0.39 is 0 Å². The number of carbonyl (C=O) groups excluding carboxylic acids is 1. The number of amides is 1. The molecular formula is C16H23N3O3. The summed E-state index contributed by atoms with van der Waals surface area (Å²) < 4.78 is 10.8. The van der Waals surface area contributed by atoms with Crippen LogP contribution in [0.1, 0.15) is 37.6 Å². The first-order chi connectivity index (χ1) is 10.6. The van der Waals surface area contributed by atoms with Crippen LogP contribution in [0.5, 0.6) is 0 Å². The Balaban J connectivity index is 1.96. The van der Waals surface area contributed by atoms with Crippen LogP contribution in [0.3, 0.4) is 0 Å². The fourth-order valence-electron chi connectivity index (χ4n) is 2.23. The highest BCUT2D eigenvalue weighted by atomic mass is 16.4. The minimum absolute atomic E-state index is 0.0178. The summed E-state index contributed by atoms with van der Waals surface area (Å²) in [4.78, 5) is 16.5. The molecule has 0 bridgehead atoms. The van der Waals surface area contributed by atoms with Crippen molar-refractivity contribution in [2.24, 2.45) is 5.73 Å². The normalized spacial score (nSPS) is 12.3. The van der Waals surface area contributed by atoms with Crippen LogP contribution >= 0.6 is 0 Å². The standard InChI is InChI=1S/C16H23N3O3/c1-3-4-6-12(10-17)18-15(20)9-13-11(2)22-16(19-13)14-7-5-8-21-14/h5,7-8,12H,3-4,6,9-10,17H2,1-2H3,(H,18,20). The topological polar surface area (TPSA) is 94.3 Å². The lowest BCUT2D eigenvalue weighted by molar-refractivity contribution is -0.121. The number of hydrogen-bond acceptors (Lipinski definition) is 5. The second-order valence-corrected chi connectivity index (χ2v) is 5.32. The average molecular weight is 305 g/mol. The van der Waals surface area contributed by atoms with Crippen LogP contribution in [-0.2, 0) is 11.2 Å². The number of aromatic nitrogens is 1. The van der Waals surface area contributed by atoms with Gasteiger partial charge in [0, 0.05) is 12.6 Å². The first-order valence-corrected chi connectivity index (χ1v) is 7.63. The molecule has 3 N–H and O–H groups in total. The molecule has 6 heteroatoms. The van der Waals surface area contributed by atoms with Gasteiger partial charge in [-0.15, -0.1) is 0 Å². The van der Waals surface area contributed by atoms with Crippen molar-refractivity contribution in [3.05, 3.63) is 29.9 Å². The van der Waals surface area contributed by atoms with Crippen LogP contribution in [0, 0.1) is 6.92 Å². The SMILES string of the molecule is CCCCC(CN)NC(=O)Cc1nc(-c2ccco2)oc1C. The summed E-state index contributed by atoms with van der Waals surface area (Å²) in [6.07, 6.45) is 4.77. The van der Waals surface area contributed by atoms with Crippen molar-refractivity contribution in [3.63, 3.8) is 0 Å². The maximum Gasteiger partial charge on any atom is 0.263 e. The number of aryl methyl sites for hydroxylation is 1. The number of hydrogen-bond donors (Lipinski definition) is 2. The molecule has 0 spiro atoms. The molecule has 0 aliphatic heterocycles. The van der Waals surface area contributed by atoms with Gasteiger partial charge in [-0.2, -0.15) is 0 Å². The number of nitrogens with two attached hydrogens (primary N) is 1. The fraction of sp³-hybridized carbons (Fsp3) is 0.500. The molecular weight excluding hydrogens is 282 g/mol. The molecule has 0 aliphatic rings. The van der Waals surface area contributed by atoms with E-state index >= 15 is 0 Å². The molecule has 1 amide bonds. The first kappa shape index (κ1) is 16.3.